The predicted molar refractivity (Wildman–Crippen MR) is 267 cm³/mol. The van der Waals surface area contributed by atoms with Crippen LogP contribution in [-0.4, -0.2) is 22.6 Å². The van der Waals surface area contributed by atoms with Gasteiger partial charge >= 0.3 is 0 Å². The molecule has 3 nitrogen and oxygen atoms in total. The molecule has 0 atom stereocenters. The van der Waals surface area contributed by atoms with Gasteiger partial charge in [-0.05, 0) is 104 Å². The number of aromatic nitrogens is 2. The third-order valence-corrected chi connectivity index (χ3v) is 15.8. The molecule has 0 unspecified atom stereocenters. The number of hydrogen-bond donors (Lipinski definition) is 0. The van der Waals surface area contributed by atoms with Crippen molar-refractivity contribution in [1.82, 2.24) is 9.13 Å². The van der Waals surface area contributed by atoms with Crippen molar-refractivity contribution < 1.29 is 0 Å². The molecule has 0 aliphatic carbocycles. The van der Waals surface area contributed by atoms with Gasteiger partial charge < -0.3 is 14.0 Å². The predicted octanol–water partition coefficient (Wildman–Crippen LogP) is 10.4. The van der Waals surface area contributed by atoms with Crippen LogP contribution in [0.3, 0.4) is 0 Å². The zero-order chi connectivity index (χ0) is 41.6. The average Bonchev–Trinajstić information content (AvgIpc) is 3.81. The van der Waals surface area contributed by atoms with Crippen molar-refractivity contribution in [1.29, 1.82) is 0 Å². The third-order valence-electron chi connectivity index (χ3n) is 14.7. The first-order valence-electron chi connectivity index (χ1n) is 22.2. The first-order valence-corrected chi connectivity index (χ1v) is 23.0. The minimum Gasteiger partial charge on any atom is -0.311 e. The highest BCUT2D eigenvalue weighted by atomic mass is 32.2. The van der Waals surface area contributed by atoms with Crippen LogP contribution in [0.25, 0.3) is 55.0 Å². The van der Waals surface area contributed by atoms with Crippen molar-refractivity contribution in [3.05, 3.63) is 163 Å². The van der Waals surface area contributed by atoms with Crippen LogP contribution >= 0.6 is 11.8 Å². The Bertz CT molecular complexity index is 3660. The minimum atomic E-state index is 0.00403. The van der Waals surface area contributed by atoms with Gasteiger partial charge in [-0.3, -0.25) is 0 Å². The van der Waals surface area contributed by atoms with Gasteiger partial charge in [0.15, 0.2) is 0 Å². The van der Waals surface area contributed by atoms with Crippen LogP contribution in [-0.2, 0) is 10.8 Å². The molecule has 4 aliphatic heterocycles. The highest BCUT2D eigenvalue weighted by molar-refractivity contribution is 8.00. The molecule has 0 saturated heterocycles. The second-order valence-electron chi connectivity index (χ2n) is 20.1. The number of nitrogens with zero attached hydrogens (tertiary/aromatic N) is 3. The summed E-state index contributed by atoms with van der Waals surface area (Å²) in [6, 6.07) is 58.5. The molecule has 0 amide bonds. The fourth-order valence-electron chi connectivity index (χ4n) is 11.9. The first-order chi connectivity index (χ1) is 30.1. The summed E-state index contributed by atoms with van der Waals surface area (Å²) in [5.74, 6) is 0. The second-order valence-corrected chi connectivity index (χ2v) is 21.2. The summed E-state index contributed by atoms with van der Waals surface area (Å²) < 4.78 is 5.33. The van der Waals surface area contributed by atoms with Gasteiger partial charge in [0, 0.05) is 59.8 Å². The Kier molecular flexibility index (Phi) is 6.69. The monoisotopic (exact) mass is 811 g/mol. The molecular weight excluding hydrogens is 768 g/mol. The zero-order valence-corrected chi connectivity index (χ0v) is 36.7. The summed E-state index contributed by atoms with van der Waals surface area (Å²) in [5, 5.41) is 5.30. The lowest BCUT2D eigenvalue weighted by Gasteiger charge is -2.40. The molecule has 6 heterocycles. The van der Waals surface area contributed by atoms with E-state index in [0.717, 1.165) is 0 Å². The van der Waals surface area contributed by atoms with Gasteiger partial charge in [0.1, 0.15) is 0 Å². The molecule has 0 spiro atoms. The normalized spacial score (nSPS) is 14.5. The van der Waals surface area contributed by atoms with Crippen LogP contribution in [0.2, 0.25) is 0 Å². The molecule has 62 heavy (non-hydrogen) atoms. The molecule has 0 saturated carbocycles. The molecule has 2 aromatic heterocycles. The van der Waals surface area contributed by atoms with Crippen LogP contribution < -0.4 is 37.7 Å². The van der Waals surface area contributed by atoms with E-state index < -0.39 is 0 Å². The Balaban J connectivity index is 1.17. The Morgan fingerprint density at radius 2 is 1.00 bits per heavy atom. The molecule has 10 aromatic rings. The molecule has 0 N–H and O–H groups in total. The molecule has 0 bridgehead atoms. The van der Waals surface area contributed by atoms with E-state index in [0.29, 0.717) is 0 Å². The maximum atomic E-state index is 2.69. The highest BCUT2D eigenvalue weighted by Crippen LogP contribution is 2.47. The van der Waals surface area contributed by atoms with Crippen molar-refractivity contribution >= 4 is 119 Å². The molecule has 0 fully saturated rings. The first kappa shape index (κ1) is 35.3. The standard InChI is InChI=1S/C56H43B2N3S/c1-55(2,3)32-20-25-43-40(30-32)57-38-16-10-12-18-42(38)59(34-14-8-7-9-15-34)46-28-23-37-49-45(60(43)54(37)50(46)57)27-22-35-36-24-29-48-51-53(36)61(52(35)49)44-26-21-33(56(4,5)6)31-41(44)58(51)39-17-11-13-19-47(39)62-48/h7-31H,1-6H3. The van der Waals surface area contributed by atoms with E-state index in [1.807, 2.05) is 11.8 Å². The van der Waals surface area contributed by atoms with Gasteiger partial charge in [0.25, 0.3) is 6.71 Å². The molecule has 0 radical (unpaired) electrons. The number of benzene rings is 8. The fourth-order valence-corrected chi connectivity index (χ4v) is 13.0. The Hall–Kier alpha value is -6.36. The van der Waals surface area contributed by atoms with E-state index in [2.05, 4.69) is 207 Å². The maximum Gasteiger partial charge on any atom is 0.252 e. The smallest absolute Gasteiger partial charge is 0.252 e. The Morgan fingerprint density at radius 1 is 0.419 bits per heavy atom. The van der Waals surface area contributed by atoms with Gasteiger partial charge in [0.2, 0.25) is 6.71 Å². The van der Waals surface area contributed by atoms with Gasteiger partial charge in [-0.1, -0.05) is 156 Å². The van der Waals surface area contributed by atoms with E-state index in [1.54, 1.807) is 0 Å². The molecular formula is C56H43B2N3S. The lowest BCUT2D eigenvalue weighted by molar-refractivity contribution is 0.590. The zero-order valence-electron chi connectivity index (χ0n) is 35.8. The van der Waals surface area contributed by atoms with Crippen molar-refractivity contribution in [3.63, 3.8) is 0 Å². The quantitative estimate of drug-likeness (QED) is 0.153. The van der Waals surface area contributed by atoms with Gasteiger partial charge in [0.05, 0.1) is 22.1 Å². The van der Waals surface area contributed by atoms with Crippen LogP contribution in [0.15, 0.2) is 161 Å². The van der Waals surface area contributed by atoms with E-state index in [1.165, 1.54) is 126 Å². The maximum absolute atomic E-state index is 2.69. The van der Waals surface area contributed by atoms with Crippen molar-refractivity contribution in [2.45, 2.75) is 62.2 Å². The molecule has 14 rings (SSSR count). The Labute approximate surface area is 367 Å². The summed E-state index contributed by atoms with van der Waals surface area (Å²) >= 11 is 1.94. The van der Waals surface area contributed by atoms with E-state index in [-0.39, 0.29) is 24.3 Å². The molecule has 6 heteroatoms. The van der Waals surface area contributed by atoms with Gasteiger partial charge in [-0.15, -0.1) is 0 Å². The van der Waals surface area contributed by atoms with E-state index in [4.69, 9.17) is 0 Å². The minimum absolute atomic E-state index is 0.00403. The highest BCUT2D eigenvalue weighted by Gasteiger charge is 2.44. The summed E-state index contributed by atoms with van der Waals surface area (Å²) in [5.41, 5.74) is 22.7. The summed E-state index contributed by atoms with van der Waals surface area (Å²) in [6.07, 6.45) is 0. The topological polar surface area (TPSA) is 13.1 Å². The SMILES string of the molecule is CC(C)(C)c1ccc2c(c1)B1c3ccccc3N(c3ccccc3)c3ccc4c5c(ccc6c7ccc8c9c7n(c65)-c5ccc(C(C)(C)C)cc5B9c5ccccc5S8)n-2c4c31. The lowest BCUT2D eigenvalue weighted by atomic mass is 9.33. The van der Waals surface area contributed by atoms with Crippen LogP contribution in [0.5, 0.6) is 0 Å². The second kappa shape index (κ2) is 11.8. The number of rotatable bonds is 1. The van der Waals surface area contributed by atoms with Crippen LogP contribution in [0.1, 0.15) is 52.7 Å². The number of para-hydroxylation sites is 2. The number of anilines is 3. The van der Waals surface area contributed by atoms with E-state index in [9.17, 15) is 0 Å². The van der Waals surface area contributed by atoms with Crippen LogP contribution in [0.4, 0.5) is 17.1 Å². The summed E-state index contributed by atoms with van der Waals surface area (Å²) in [4.78, 5) is 5.24. The Morgan fingerprint density at radius 3 is 1.74 bits per heavy atom. The third kappa shape index (κ3) is 4.36. The van der Waals surface area contributed by atoms with Crippen molar-refractivity contribution in [2.24, 2.45) is 0 Å². The fraction of sp³-hybridized carbons (Fsp3) is 0.143. The molecule has 4 aliphatic rings. The number of fused-ring (bicyclic) bond motifs is 17. The number of hydrogen-bond acceptors (Lipinski definition) is 2. The largest absolute Gasteiger partial charge is 0.311 e. The molecule has 8 aromatic carbocycles. The lowest BCUT2D eigenvalue weighted by Crippen LogP contribution is -2.60. The van der Waals surface area contributed by atoms with Gasteiger partial charge in [-0.25, -0.2) is 0 Å². The van der Waals surface area contributed by atoms with Crippen LogP contribution in [0, 0.1) is 0 Å². The van der Waals surface area contributed by atoms with Gasteiger partial charge in [-0.2, -0.15) is 0 Å². The van der Waals surface area contributed by atoms with Crippen molar-refractivity contribution in [3.8, 4) is 11.4 Å². The van der Waals surface area contributed by atoms with Crippen molar-refractivity contribution in [2.75, 3.05) is 4.90 Å². The summed E-state index contributed by atoms with van der Waals surface area (Å²) in [6.45, 7) is 14.3. The molecule has 294 valence electrons. The average molecular weight is 812 g/mol. The summed E-state index contributed by atoms with van der Waals surface area (Å²) in [7, 11) is 0. The van der Waals surface area contributed by atoms with E-state index >= 15 is 0 Å².